The molecule has 1 rings (SSSR count). The minimum absolute atomic E-state index is 0. The van der Waals surface area contributed by atoms with Crippen molar-refractivity contribution in [3.8, 4) is 0 Å². The van der Waals surface area contributed by atoms with Gasteiger partial charge in [0, 0.05) is 38.6 Å². The van der Waals surface area contributed by atoms with E-state index in [0.29, 0.717) is 19.0 Å². The third-order valence-corrected chi connectivity index (χ3v) is 5.15. The second-order valence-electron chi connectivity index (χ2n) is 7.39. The van der Waals surface area contributed by atoms with E-state index in [1.165, 1.54) is 0 Å². The molecular weight excluding hydrogens is 326 g/mol. The van der Waals surface area contributed by atoms with Crippen LogP contribution in [0, 0.1) is 17.8 Å². The van der Waals surface area contributed by atoms with Gasteiger partial charge in [0.15, 0.2) is 0 Å². The van der Waals surface area contributed by atoms with Crippen molar-refractivity contribution < 1.29 is 9.59 Å². The predicted octanol–water partition coefficient (Wildman–Crippen LogP) is 2.52. The van der Waals surface area contributed by atoms with E-state index in [-0.39, 0.29) is 42.1 Å². The molecule has 1 aliphatic heterocycles. The fourth-order valence-corrected chi connectivity index (χ4v) is 2.96. The number of nitrogens with two attached hydrogens (primary N) is 1. The Balaban J connectivity index is 0.00000529. The molecule has 5 nitrogen and oxygen atoms in total. The van der Waals surface area contributed by atoms with Crippen LogP contribution >= 0.6 is 12.4 Å². The van der Waals surface area contributed by atoms with Gasteiger partial charge in [0.2, 0.25) is 11.8 Å². The molecule has 0 saturated carbocycles. The van der Waals surface area contributed by atoms with Crippen molar-refractivity contribution in [3.63, 3.8) is 0 Å². The topological polar surface area (TPSA) is 66.6 Å². The largest absolute Gasteiger partial charge is 0.345 e. The first kappa shape index (κ1) is 23.2. The number of likely N-dealkylation sites (tertiary alicyclic amines) is 1. The van der Waals surface area contributed by atoms with Crippen LogP contribution in [-0.2, 0) is 9.59 Å². The van der Waals surface area contributed by atoms with E-state index in [2.05, 4.69) is 13.8 Å². The van der Waals surface area contributed by atoms with Crippen LogP contribution in [0.25, 0.3) is 0 Å². The summed E-state index contributed by atoms with van der Waals surface area (Å²) >= 11 is 0. The normalized spacial score (nSPS) is 20.3. The summed E-state index contributed by atoms with van der Waals surface area (Å²) in [7, 11) is 1.85. The summed E-state index contributed by atoms with van der Waals surface area (Å²) in [5.74, 6) is 0.761. The number of halogens is 1. The molecule has 0 aromatic carbocycles. The summed E-state index contributed by atoms with van der Waals surface area (Å²) in [6.07, 6.45) is 3.46. The van der Waals surface area contributed by atoms with Crippen LogP contribution in [0.15, 0.2) is 0 Å². The number of nitrogens with zero attached hydrogens (tertiary/aromatic N) is 2. The van der Waals surface area contributed by atoms with E-state index in [0.717, 1.165) is 32.2 Å². The van der Waals surface area contributed by atoms with Crippen LogP contribution in [0.3, 0.4) is 0 Å². The van der Waals surface area contributed by atoms with Gasteiger partial charge in [-0.3, -0.25) is 9.59 Å². The summed E-state index contributed by atoms with van der Waals surface area (Å²) in [6, 6.07) is 0.125. The Morgan fingerprint density at radius 2 is 1.92 bits per heavy atom. The Labute approximate surface area is 153 Å². The number of hydrogen-bond acceptors (Lipinski definition) is 3. The molecule has 0 radical (unpaired) electrons. The van der Waals surface area contributed by atoms with Gasteiger partial charge in [-0.25, -0.2) is 0 Å². The first-order valence-corrected chi connectivity index (χ1v) is 9.07. The van der Waals surface area contributed by atoms with Crippen molar-refractivity contribution in [1.29, 1.82) is 0 Å². The quantitative estimate of drug-likeness (QED) is 0.757. The van der Waals surface area contributed by atoms with Crippen molar-refractivity contribution >= 4 is 24.2 Å². The Morgan fingerprint density at radius 3 is 2.46 bits per heavy atom. The molecule has 1 fully saturated rings. The zero-order chi connectivity index (χ0) is 17.6. The lowest BCUT2D eigenvalue weighted by molar-refractivity contribution is -0.142. The van der Waals surface area contributed by atoms with E-state index >= 15 is 0 Å². The van der Waals surface area contributed by atoms with Crippen LogP contribution in [0.2, 0.25) is 0 Å². The van der Waals surface area contributed by atoms with Crippen molar-refractivity contribution in [2.75, 3.05) is 26.7 Å². The van der Waals surface area contributed by atoms with E-state index in [1.54, 1.807) is 4.90 Å². The maximum absolute atomic E-state index is 12.6. The van der Waals surface area contributed by atoms with E-state index < -0.39 is 0 Å². The van der Waals surface area contributed by atoms with Crippen LogP contribution in [0.5, 0.6) is 0 Å². The van der Waals surface area contributed by atoms with E-state index in [9.17, 15) is 9.59 Å². The van der Waals surface area contributed by atoms with E-state index in [4.69, 9.17) is 5.73 Å². The molecule has 2 amide bonds. The van der Waals surface area contributed by atoms with E-state index in [1.807, 2.05) is 25.8 Å². The zero-order valence-corrected chi connectivity index (χ0v) is 16.8. The third kappa shape index (κ3) is 6.60. The van der Waals surface area contributed by atoms with Crippen LogP contribution in [-0.4, -0.2) is 54.3 Å². The maximum Gasteiger partial charge on any atom is 0.227 e. The van der Waals surface area contributed by atoms with Gasteiger partial charge in [0.1, 0.15) is 0 Å². The lowest BCUT2D eigenvalue weighted by Crippen LogP contribution is -2.47. The van der Waals surface area contributed by atoms with Gasteiger partial charge in [-0.1, -0.05) is 27.7 Å². The molecule has 0 aromatic heterocycles. The van der Waals surface area contributed by atoms with Crippen molar-refractivity contribution in [2.24, 2.45) is 23.5 Å². The van der Waals surface area contributed by atoms with Gasteiger partial charge < -0.3 is 15.5 Å². The molecule has 0 aliphatic carbocycles. The number of carbonyl (C=O) groups is 2. The van der Waals surface area contributed by atoms with Gasteiger partial charge in [0.05, 0.1) is 5.92 Å². The predicted molar refractivity (Wildman–Crippen MR) is 101 cm³/mol. The highest BCUT2D eigenvalue weighted by atomic mass is 35.5. The number of carbonyl (C=O) groups excluding carboxylic acids is 2. The van der Waals surface area contributed by atoms with Crippen molar-refractivity contribution in [3.05, 3.63) is 0 Å². The molecule has 24 heavy (non-hydrogen) atoms. The first-order chi connectivity index (χ1) is 10.8. The first-order valence-electron chi connectivity index (χ1n) is 9.07. The lowest BCUT2D eigenvalue weighted by atomic mass is 9.94. The second kappa shape index (κ2) is 10.9. The average Bonchev–Trinajstić information content (AvgIpc) is 2.57. The molecule has 1 saturated heterocycles. The summed E-state index contributed by atoms with van der Waals surface area (Å²) in [4.78, 5) is 28.7. The second-order valence-corrected chi connectivity index (χ2v) is 7.39. The van der Waals surface area contributed by atoms with Crippen molar-refractivity contribution in [2.45, 2.75) is 59.4 Å². The fourth-order valence-electron chi connectivity index (χ4n) is 2.96. The maximum atomic E-state index is 12.6. The number of amides is 2. The minimum atomic E-state index is -0.0583. The molecule has 6 heteroatoms. The number of hydrogen-bond donors (Lipinski definition) is 1. The third-order valence-electron chi connectivity index (χ3n) is 5.15. The Bertz CT molecular complexity index is 404. The molecule has 3 atom stereocenters. The molecule has 2 N–H and O–H groups in total. The Hall–Kier alpha value is -0.810. The standard InChI is InChI=1S/C18H35N3O2.ClH/c1-6-14(4)17(22)21-10-7-8-15(12-21)18(23)20(5)11-9-16(19)13(2)3;/h13-16H,6-12,19H2,1-5H3;1H. The molecule has 1 aliphatic rings. The molecule has 0 aromatic rings. The molecule has 0 spiro atoms. The van der Waals surface area contributed by atoms with Gasteiger partial charge in [-0.05, 0) is 31.6 Å². The number of piperidine rings is 1. The Kier molecular flexibility index (Phi) is 10.6. The smallest absolute Gasteiger partial charge is 0.227 e. The van der Waals surface area contributed by atoms with Gasteiger partial charge in [0.25, 0.3) is 0 Å². The molecule has 3 unspecified atom stereocenters. The summed E-state index contributed by atoms with van der Waals surface area (Å²) in [5, 5.41) is 0. The number of rotatable bonds is 7. The molecule has 1 heterocycles. The zero-order valence-electron chi connectivity index (χ0n) is 16.0. The molecule has 0 bridgehead atoms. The highest BCUT2D eigenvalue weighted by Crippen LogP contribution is 2.21. The summed E-state index contributed by atoms with van der Waals surface area (Å²) < 4.78 is 0. The molecular formula is C18H36ClN3O2. The highest BCUT2D eigenvalue weighted by Gasteiger charge is 2.31. The molecule has 142 valence electrons. The summed E-state index contributed by atoms with van der Waals surface area (Å²) in [5.41, 5.74) is 6.06. The van der Waals surface area contributed by atoms with Gasteiger partial charge in [-0.2, -0.15) is 0 Å². The van der Waals surface area contributed by atoms with Crippen LogP contribution in [0.4, 0.5) is 0 Å². The lowest BCUT2D eigenvalue weighted by Gasteiger charge is -2.35. The van der Waals surface area contributed by atoms with Crippen molar-refractivity contribution in [1.82, 2.24) is 9.80 Å². The average molecular weight is 362 g/mol. The Morgan fingerprint density at radius 1 is 1.29 bits per heavy atom. The van der Waals surface area contributed by atoms with Gasteiger partial charge >= 0.3 is 0 Å². The fraction of sp³-hybridized carbons (Fsp3) is 0.889. The monoisotopic (exact) mass is 361 g/mol. The minimum Gasteiger partial charge on any atom is -0.345 e. The van der Waals surface area contributed by atoms with Crippen LogP contribution < -0.4 is 5.73 Å². The van der Waals surface area contributed by atoms with Gasteiger partial charge in [-0.15, -0.1) is 12.4 Å². The van der Waals surface area contributed by atoms with Crippen LogP contribution in [0.1, 0.15) is 53.4 Å². The summed E-state index contributed by atoms with van der Waals surface area (Å²) in [6.45, 7) is 10.2. The highest BCUT2D eigenvalue weighted by molar-refractivity contribution is 5.85. The SMILES string of the molecule is CCC(C)C(=O)N1CCCC(C(=O)N(C)CCC(N)C(C)C)C1.Cl.